The fourth-order valence-corrected chi connectivity index (χ4v) is 6.11. The largest absolute Gasteiger partial charge is 0.463 e. The lowest BCUT2D eigenvalue weighted by atomic mass is 9.90. The molecule has 2 unspecified atom stereocenters. The Morgan fingerprint density at radius 3 is 1.94 bits per heavy atom. The van der Waals surface area contributed by atoms with Crippen molar-refractivity contribution in [1.29, 1.82) is 0 Å². The molecule has 0 spiro atoms. The second-order valence-corrected chi connectivity index (χ2v) is 13.7. The van der Waals surface area contributed by atoms with Crippen molar-refractivity contribution in [2.45, 2.75) is 90.4 Å². The van der Waals surface area contributed by atoms with Gasteiger partial charge >= 0.3 is 17.9 Å². The van der Waals surface area contributed by atoms with E-state index in [2.05, 4.69) is 18.4 Å². The molecule has 276 valence electrons. The van der Waals surface area contributed by atoms with E-state index in [4.69, 9.17) is 14.2 Å². The van der Waals surface area contributed by atoms with Crippen LogP contribution in [-0.2, 0) is 46.2 Å². The minimum absolute atomic E-state index is 0.00107. The molecule has 1 aliphatic heterocycles. The van der Waals surface area contributed by atoms with E-state index >= 15 is 0 Å². The van der Waals surface area contributed by atoms with Gasteiger partial charge < -0.3 is 24.2 Å². The third-order valence-electron chi connectivity index (χ3n) is 8.48. The van der Waals surface area contributed by atoms with Gasteiger partial charge in [-0.25, -0.2) is 4.39 Å². The molecule has 1 aliphatic rings. The third kappa shape index (κ3) is 13.8. The highest BCUT2D eigenvalue weighted by molar-refractivity contribution is 7.98. The van der Waals surface area contributed by atoms with E-state index in [1.807, 2.05) is 60.0 Å². The monoisotopic (exact) mass is 723 g/mol. The van der Waals surface area contributed by atoms with Gasteiger partial charge in [0.2, 0.25) is 5.91 Å². The van der Waals surface area contributed by atoms with Crippen molar-refractivity contribution >= 4 is 41.3 Å². The molecule has 1 heterocycles. The molecule has 1 amide bonds. The highest BCUT2D eigenvalue weighted by Crippen LogP contribution is 2.39. The lowest BCUT2D eigenvalue weighted by molar-refractivity contribution is -0.161. The number of halogens is 1. The van der Waals surface area contributed by atoms with Crippen LogP contribution in [0, 0.1) is 5.82 Å². The number of aryl methyl sites for hydroxylation is 2. The molecule has 11 heteroatoms. The lowest BCUT2D eigenvalue weighted by Crippen LogP contribution is -2.46. The molecule has 1 fully saturated rings. The van der Waals surface area contributed by atoms with Crippen molar-refractivity contribution in [3.05, 3.63) is 101 Å². The standard InChI is InChI=1S/C29H37NO6S.C11H13FO2/c1-21(31)35-19-29(34,20-36-22(2)32)16-15-24-7-11-25(12-8-24)27-18-28(33)30(27)26-13-9-23(10-14-26)6-4-5-17-37-3;1-3-11(14-8(2)13)9-4-6-10(12)7-5-9/h7-14,27,34H,4-6,15-20H2,1-3H3;4-7,11H,3H2,1-2H3. The van der Waals surface area contributed by atoms with Gasteiger partial charge in [-0.15, -0.1) is 0 Å². The van der Waals surface area contributed by atoms with E-state index in [1.165, 1.54) is 57.1 Å². The van der Waals surface area contributed by atoms with Gasteiger partial charge in [-0.1, -0.05) is 55.5 Å². The number of ether oxygens (including phenoxy) is 3. The average Bonchev–Trinajstić information content (AvgIpc) is 3.10. The van der Waals surface area contributed by atoms with E-state index in [-0.39, 0.29) is 49.5 Å². The highest BCUT2D eigenvalue weighted by Gasteiger charge is 2.38. The zero-order chi connectivity index (χ0) is 37.4. The molecule has 0 aromatic heterocycles. The summed E-state index contributed by atoms with van der Waals surface area (Å²) in [6, 6.07) is 22.3. The Kier molecular flexibility index (Phi) is 16.6. The topological polar surface area (TPSA) is 119 Å². The van der Waals surface area contributed by atoms with E-state index in [9.17, 15) is 28.7 Å². The number of aliphatic hydroxyl groups is 1. The number of amides is 1. The van der Waals surface area contributed by atoms with Crippen molar-refractivity contribution < 1.29 is 42.9 Å². The highest BCUT2D eigenvalue weighted by atomic mass is 32.2. The number of carbonyl (C=O) groups is 4. The SMILES string of the molecule is CCC(OC(C)=O)c1ccc(F)cc1.CSCCCCc1ccc(N2C(=O)CC2c2ccc(CCC(O)(COC(C)=O)COC(C)=O)cc2)cc1. The van der Waals surface area contributed by atoms with Crippen LogP contribution in [0.2, 0.25) is 0 Å². The summed E-state index contributed by atoms with van der Waals surface area (Å²) in [6.45, 7) is 5.32. The number of rotatable bonds is 17. The van der Waals surface area contributed by atoms with Crippen molar-refractivity contribution in [2.75, 3.05) is 30.1 Å². The van der Waals surface area contributed by atoms with Crippen LogP contribution in [0.3, 0.4) is 0 Å². The normalized spacial score (nSPS) is 14.5. The van der Waals surface area contributed by atoms with Gasteiger partial charge in [0.1, 0.15) is 30.7 Å². The molecule has 3 aromatic carbocycles. The van der Waals surface area contributed by atoms with Crippen molar-refractivity contribution in [3.8, 4) is 0 Å². The molecule has 2 atom stereocenters. The summed E-state index contributed by atoms with van der Waals surface area (Å²) < 4.78 is 27.6. The van der Waals surface area contributed by atoms with Crippen LogP contribution < -0.4 is 4.90 Å². The van der Waals surface area contributed by atoms with Crippen LogP contribution in [0.4, 0.5) is 10.1 Å². The van der Waals surface area contributed by atoms with Crippen LogP contribution in [0.5, 0.6) is 0 Å². The number of hydrogen-bond acceptors (Lipinski definition) is 9. The minimum atomic E-state index is -1.46. The van der Waals surface area contributed by atoms with E-state index in [0.717, 1.165) is 28.8 Å². The number of unbranched alkanes of at least 4 members (excludes halogenated alkanes) is 1. The van der Waals surface area contributed by atoms with Crippen LogP contribution in [0.1, 0.15) is 94.2 Å². The molecule has 0 aliphatic carbocycles. The Bertz CT molecular complexity index is 1540. The quantitative estimate of drug-likeness (QED) is 0.0655. The summed E-state index contributed by atoms with van der Waals surface area (Å²) in [7, 11) is 0. The Morgan fingerprint density at radius 1 is 0.863 bits per heavy atom. The third-order valence-corrected chi connectivity index (χ3v) is 9.18. The Labute approximate surface area is 304 Å². The molecule has 3 aromatic rings. The average molecular weight is 724 g/mol. The minimum Gasteiger partial charge on any atom is -0.463 e. The zero-order valence-corrected chi connectivity index (χ0v) is 31.0. The fraction of sp³-hybridized carbons (Fsp3) is 0.450. The van der Waals surface area contributed by atoms with Gasteiger partial charge in [0.25, 0.3) is 0 Å². The molecular weight excluding hydrogens is 674 g/mol. The Morgan fingerprint density at radius 2 is 1.43 bits per heavy atom. The second kappa shape index (κ2) is 20.6. The van der Waals surface area contributed by atoms with Crippen LogP contribution >= 0.6 is 11.8 Å². The number of anilines is 1. The van der Waals surface area contributed by atoms with E-state index in [1.54, 1.807) is 12.1 Å². The summed E-state index contributed by atoms with van der Waals surface area (Å²) in [5.41, 5.74) is 3.61. The van der Waals surface area contributed by atoms with Gasteiger partial charge in [-0.3, -0.25) is 19.2 Å². The van der Waals surface area contributed by atoms with Gasteiger partial charge in [0, 0.05) is 26.5 Å². The number of benzene rings is 3. The molecule has 0 bridgehead atoms. The summed E-state index contributed by atoms with van der Waals surface area (Å²) in [4.78, 5) is 47.5. The predicted molar refractivity (Wildman–Crippen MR) is 197 cm³/mol. The Hall–Kier alpha value is -4.22. The first-order valence-corrected chi connectivity index (χ1v) is 18.6. The molecule has 1 saturated heterocycles. The zero-order valence-electron chi connectivity index (χ0n) is 30.2. The van der Waals surface area contributed by atoms with Gasteiger partial charge in [-0.2, -0.15) is 11.8 Å². The Balaban J connectivity index is 0.000000419. The van der Waals surface area contributed by atoms with Gasteiger partial charge in [0.15, 0.2) is 0 Å². The fourth-order valence-electron chi connectivity index (χ4n) is 5.61. The maximum absolute atomic E-state index is 12.6. The summed E-state index contributed by atoms with van der Waals surface area (Å²) >= 11 is 1.87. The number of carbonyl (C=O) groups excluding carboxylic acids is 4. The van der Waals surface area contributed by atoms with Crippen LogP contribution in [0.25, 0.3) is 0 Å². The van der Waals surface area contributed by atoms with Crippen molar-refractivity contribution in [3.63, 3.8) is 0 Å². The van der Waals surface area contributed by atoms with Crippen molar-refractivity contribution in [2.24, 2.45) is 0 Å². The first kappa shape index (κ1) is 41.2. The number of nitrogens with zero attached hydrogens (tertiary/aromatic N) is 1. The summed E-state index contributed by atoms with van der Waals surface area (Å²) in [5, 5.41) is 10.8. The molecule has 51 heavy (non-hydrogen) atoms. The number of thioether (sulfide) groups is 1. The molecule has 9 nitrogen and oxygen atoms in total. The first-order chi connectivity index (χ1) is 24.3. The van der Waals surface area contributed by atoms with Gasteiger partial charge in [0.05, 0.1) is 12.5 Å². The van der Waals surface area contributed by atoms with E-state index in [0.29, 0.717) is 19.3 Å². The molecule has 0 saturated carbocycles. The molecule has 1 N–H and O–H groups in total. The number of esters is 3. The van der Waals surface area contributed by atoms with Gasteiger partial charge in [-0.05, 0) is 97.1 Å². The maximum atomic E-state index is 12.6. The van der Waals surface area contributed by atoms with Crippen LogP contribution in [-0.4, -0.2) is 59.7 Å². The van der Waals surface area contributed by atoms with Crippen molar-refractivity contribution in [1.82, 2.24) is 0 Å². The summed E-state index contributed by atoms with van der Waals surface area (Å²) in [5.74, 6) is -0.322. The maximum Gasteiger partial charge on any atom is 0.303 e. The second-order valence-electron chi connectivity index (χ2n) is 12.7. The lowest BCUT2D eigenvalue weighted by Gasteiger charge is -2.41. The van der Waals surface area contributed by atoms with Crippen LogP contribution in [0.15, 0.2) is 72.8 Å². The summed E-state index contributed by atoms with van der Waals surface area (Å²) in [6.07, 6.45) is 7.21. The molecular formula is C40H50FNO8S. The van der Waals surface area contributed by atoms with E-state index < -0.39 is 17.5 Å². The molecule has 0 radical (unpaired) electrons. The smallest absolute Gasteiger partial charge is 0.303 e. The molecule has 4 rings (SSSR count). The predicted octanol–water partition coefficient (Wildman–Crippen LogP) is 7.48. The number of hydrogen-bond donors (Lipinski definition) is 1. The number of β-lactam (4-membered cyclic amide) rings is 1. The first-order valence-electron chi connectivity index (χ1n) is 17.2.